The molecule has 110 valence electrons. The van der Waals surface area contributed by atoms with Crippen LogP contribution in [-0.2, 0) is 13.0 Å². The molecule has 3 N–H and O–H groups in total. The number of nitrogen functional groups attached to an aromatic ring is 1. The van der Waals surface area contributed by atoms with Crippen molar-refractivity contribution >= 4 is 11.6 Å². The topological polar surface area (TPSA) is 68.0 Å². The molecule has 0 aliphatic heterocycles. The van der Waals surface area contributed by atoms with Crippen molar-refractivity contribution in [1.82, 2.24) is 10.3 Å². The van der Waals surface area contributed by atoms with Gasteiger partial charge in [0, 0.05) is 11.8 Å². The molecule has 0 unspecified atom stereocenters. The molecule has 21 heavy (non-hydrogen) atoms. The lowest BCUT2D eigenvalue weighted by molar-refractivity contribution is 0.0949. The average Bonchev–Trinajstić information content (AvgIpc) is 2.49. The number of benzene rings is 1. The number of halogens is 2. The number of aromatic nitrogens is 1. The van der Waals surface area contributed by atoms with Gasteiger partial charge in [-0.05, 0) is 30.2 Å². The molecule has 1 aromatic carbocycles. The van der Waals surface area contributed by atoms with Crippen molar-refractivity contribution in [2.45, 2.75) is 19.9 Å². The van der Waals surface area contributed by atoms with Crippen LogP contribution in [0.25, 0.3) is 0 Å². The molecule has 0 fully saturated rings. The van der Waals surface area contributed by atoms with E-state index >= 15 is 0 Å². The summed E-state index contributed by atoms with van der Waals surface area (Å²) in [7, 11) is 0. The smallest absolute Gasteiger partial charge is 0.251 e. The summed E-state index contributed by atoms with van der Waals surface area (Å²) < 4.78 is 26.6. The SMILES string of the molecule is CCc1cccnc1CNC(=O)c1cc(F)c(N)c(F)c1. The minimum Gasteiger partial charge on any atom is -0.394 e. The Morgan fingerprint density at radius 2 is 2.00 bits per heavy atom. The first-order chi connectivity index (χ1) is 10.0. The van der Waals surface area contributed by atoms with Gasteiger partial charge >= 0.3 is 0 Å². The van der Waals surface area contributed by atoms with E-state index in [0.29, 0.717) is 0 Å². The van der Waals surface area contributed by atoms with Gasteiger partial charge < -0.3 is 11.1 Å². The largest absolute Gasteiger partial charge is 0.394 e. The maximum atomic E-state index is 13.3. The van der Waals surface area contributed by atoms with Crippen molar-refractivity contribution in [2.24, 2.45) is 0 Å². The molecule has 0 bridgehead atoms. The summed E-state index contributed by atoms with van der Waals surface area (Å²) in [6.45, 7) is 2.17. The van der Waals surface area contributed by atoms with Crippen molar-refractivity contribution < 1.29 is 13.6 Å². The highest BCUT2D eigenvalue weighted by atomic mass is 19.1. The predicted molar refractivity (Wildman–Crippen MR) is 75.6 cm³/mol. The molecule has 2 aromatic rings. The standard InChI is InChI=1S/C15H15F2N3O/c1-2-9-4-3-5-19-13(9)8-20-15(21)10-6-11(16)14(18)12(17)7-10/h3-7H,2,8,18H2,1H3,(H,20,21). The second-order valence-corrected chi connectivity index (χ2v) is 4.50. The van der Waals surface area contributed by atoms with E-state index in [9.17, 15) is 13.6 Å². The third kappa shape index (κ3) is 3.34. The van der Waals surface area contributed by atoms with Crippen LogP contribution in [0, 0.1) is 11.6 Å². The third-order valence-corrected chi connectivity index (χ3v) is 3.12. The lowest BCUT2D eigenvalue weighted by Gasteiger charge is -2.09. The van der Waals surface area contributed by atoms with Gasteiger partial charge in [0.05, 0.1) is 12.2 Å². The first kappa shape index (κ1) is 14.9. The number of carbonyl (C=O) groups is 1. The monoisotopic (exact) mass is 291 g/mol. The van der Waals surface area contributed by atoms with Gasteiger partial charge in [-0.25, -0.2) is 8.78 Å². The number of anilines is 1. The maximum absolute atomic E-state index is 13.3. The number of hydrogen-bond acceptors (Lipinski definition) is 3. The molecule has 0 aliphatic rings. The van der Waals surface area contributed by atoms with Crippen LogP contribution < -0.4 is 11.1 Å². The van der Waals surface area contributed by atoms with E-state index in [1.165, 1.54) is 0 Å². The van der Waals surface area contributed by atoms with Crippen LogP contribution in [0.1, 0.15) is 28.5 Å². The predicted octanol–water partition coefficient (Wildman–Crippen LogP) is 2.43. The molecule has 1 heterocycles. The van der Waals surface area contributed by atoms with E-state index in [1.54, 1.807) is 6.20 Å². The van der Waals surface area contributed by atoms with E-state index in [1.807, 2.05) is 19.1 Å². The van der Waals surface area contributed by atoms with Crippen LogP contribution in [-0.4, -0.2) is 10.9 Å². The van der Waals surface area contributed by atoms with Crippen molar-refractivity contribution in [3.05, 3.63) is 58.9 Å². The molecule has 4 nitrogen and oxygen atoms in total. The van der Waals surface area contributed by atoms with Gasteiger partial charge in [-0.3, -0.25) is 9.78 Å². The van der Waals surface area contributed by atoms with Crippen molar-refractivity contribution in [1.29, 1.82) is 0 Å². The van der Waals surface area contributed by atoms with Crippen LogP contribution in [0.15, 0.2) is 30.5 Å². The lowest BCUT2D eigenvalue weighted by atomic mass is 10.1. The zero-order valence-electron chi connectivity index (χ0n) is 11.5. The molecule has 0 atom stereocenters. The minimum absolute atomic E-state index is 0.117. The van der Waals surface area contributed by atoms with Gasteiger partial charge in [-0.2, -0.15) is 0 Å². The van der Waals surface area contributed by atoms with Crippen molar-refractivity contribution in [2.75, 3.05) is 5.73 Å². The van der Waals surface area contributed by atoms with Crippen LogP contribution in [0.2, 0.25) is 0 Å². The summed E-state index contributed by atoms with van der Waals surface area (Å²) in [6, 6.07) is 5.55. The number of hydrogen-bond donors (Lipinski definition) is 2. The summed E-state index contributed by atoms with van der Waals surface area (Å²) in [5.74, 6) is -2.49. The highest BCUT2D eigenvalue weighted by Gasteiger charge is 2.13. The molecule has 6 heteroatoms. The number of pyridine rings is 1. The van der Waals surface area contributed by atoms with Gasteiger partial charge in [-0.15, -0.1) is 0 Å². The van der Waals surface area contributed by atoms with Crippen molar-refractivity contribution in [3.63, 3.8) is 0 Å². The number of nitrogens with two attached hydrogens (primary N) is 1. The Morgan fingerprint density at radius 3 is 2.62 bits per heavy atom. The molecule has 1 aromatic heterocycles. The Morgan fingerprint density at radius 1 is 1.33 bits per heavy atom. The first-order valence-corrected chi connectivity index (χ1v) is 6.48. The first-order valence-electron chi connectivity index (χ1n) is 6.48. The van der Waals surface area contributed by atoms with E-state index in [0.717, 1.165) is 29.8 Å². The summed E-state index contributed by atoms with van der Waals surface area (Å²) in [5, 5.41) is 2.59. The zero-order chi connectivity index (χ0) is 15.4. The Labute approximate surface area is 121 Å². The Hall–Kier alpha value is -2.50. The molecule has 2 rings (SSSR count). The van der Waals surface area contributed by atoms with E-state index in [-0.39, 0.29) is 12.1 Å². The van der Waals surface area contributed by atoms with Gasteiger partial charge in [0.25, 0.3) is 5.91 Å². The summed E-state index contributed by atoms with van der Waals surface area (Å²) >= 11 is 0. The Bertz CT molecular complexity index is 651. The fraction of sp³-hybridized carbons (Fsp3) is 0.200. The fourth-order valence-electron chi connectivity index (χ4n) is 1.93. The lowest BCUT2D eigenvalue weighted by Crippen LogP contribution is -2.24. The third-order valence-electron chi connectivity index (χ3n) is 3.12. The summed E-state index contributed by atoms with van der Waals surface area (Å²) in [5.41, 5.74) is 6.19. The van der Waals surface area contributed by atoms with Gasteiger partial charge in [0.2, 0.25) is 0 Å². The minimum atomic E-state index is -0.952. The molecule has 0 radical (unpaired) electrons. The quantitative estimate of drug-likeness (QED) is 0.850. The Balaban J connectivity index is 2.12. The second-order valence-electron chi connectivity index (χ2n) is 4.50. The van der Waals surface area contributed by atoms with Crippen LogP contribution in [0.3, 0.4) is 0 Å². The van der Waals surface area contributed by atoms with Gasteiger partial charge in [0.15, 0.2) is 0 Å². The van der Waals surface area contributed by atoms with E-state index in [4.69, 9.17) is 5.73 Å². The van der Waals surface area contributed by atoms with E-state index < -0.39 is 23.2 Å². The average molecular weight is 291 g/mol. The van der Waals surface area contributed by atoms with Crippen molar-refractivity contribution in [3.8, 4) is 0 Å². The molecule has 0 saturated carbocycles. The zero-order valence-corrected chi connectivity index (χ0v) is 11.5. The second kappa shape index (κ2) is 6.30. The van der Waals surface area contributed by atoms with Crippen LogP contribution in [0.4, 0.5) is 14.5 Å². The Kier molecular flexibility index (Phi) is 4.47. The number of rotatable bonds is 4. The van der Waals surface area contributed by atoms with E-state index in [2.05, 4.69) is 10.3 Å². The maximum Gasteiger partial charge on any atom is 0.251 e. The number of amides is 1. The van der Waals surface area contributed by atoms with Gasteiger partial charge in [0.1, 0.15) is 17.3 Å². The summed E-state index contributed by atoms with van der Waals surface area (Å²) in [4.78, 5) is 16.1. The molecule has 0 aliphatic carbocycles. The number of nitrogens with one attached hydrogen (secondary N) is 1. The summed E-state index contributed by atoms with van der Waals surface area (Å²) in [6.07, 6.45) is 2.41. The highest BCUT2D eigenvalue weighted by Crippen LogP contribution is 2.17. The molecule has 1 amide bonds. The molecule has 0 spiro atoms. The normalized spacial score (nSPS) is 10.4. The highest BCUT2D eigenvalue weighted by molar-refractivity contribution is 5.94. The number of nitrogens with zero attached hydrogens (tertiary/aromatic N) is 1. The van der Waals surface area contributed by atoms with Gasteiger partial charge in [-0.1, -0.05) is 13.0 Å². The molecular formula is C15H15F2N3O. The number of aryl methyl sites for hydroxylation is 1. The molecule has 0 saturated heterocycles. The fourth-order valence-corrected chi connectivity index (χ4v) is 1.93. The molecular weight excluding hydrogens is 276 g/mol. The number of carbonyl (C=O) groups excluding carboxylic acids is 1. The van der Waals surface area contributed by atoms with Crippen LogP contribution >= 0.6 is 0 Å². The van der Waals surface area contributed by atoms with Crippen LogP contribution in [0.5, 0.6) is 0 Å².